The molecule has 146 valence electrons. The lowest BCUT2D eigenvalue weighted by atomic mass is 10.1. The second-order valence-electron chi connectivity index (χ2n) is 6.53. The first-order valence-corrected chi connectivity index (χ1v) is 9.50. The first-order chi connectivity index (χ1) is 13.4. The molecule has 3 heterocycles. The minimum atomic E-state index is -0.532. The quantitative estimate of drug-likeness (QED) is 0.556. The molecule has 3 aromatic rings. The molecule has 4 rings (SSSR count). The predicted molar refractivity (Wildman–Crippen MR) is 108 cm³/mol. The Hall–Kier alpha value is -2.42. The summed E-state index contributed by atoms with van der Waals surface area (Å²) < 4.78 is 15.7. The van der Waals surface area contributed by atoms with Gasteiger partial charge in [0.25, 0.3) is 0 Å². The zero-order valence-electron chi connectivity index (χ0n) is 15.0. The van der Waals surface area contributed by atoms with Gasteiger partial charge in [-0.15, -0.1) is 0 Å². The van der Waals surface area contributed by atoms with Gasteiger partial charge in [-0.2, -0.15) is 5.10 Å². The fourth-order valence-corrected chi connectivity index (χ4v) is 3.85. The highest BCUT2D eigenvalue weighted by molar-refractivity contribution is 6.36. The van der Waals surface area contributed by atoms with Crippen LogP contribution in [0.2, 0.25) is 10.0 Å². The SMILES string of the molecule is C[C@@H](Nc1cc(-c2nc3n(n2)CCNC3)cnc1N)c1c(Cl)ccc(F)c1Cl. The van der Waals surface area contributed by atoms with Gasteiger partial charge in [0, 0.05) is 28.9 Å². The van der Waals surface area contributed by atoms with Crippen molar-refractivity contribution in [2.24, 2.45) is 0 Å². The maximum atomic E-state index is 13.9. The molecule has 0 saturated carbocycles. The van der Waals surface area contributed by atoms with Crippen LogP contribution in [-0.4, -0.2) is 26.3 Å². The third kappa shape index (κ3) is 3.50. The van der Waals surface area contributed by atoms with Crippen molar-refractivity contribution in [3.8, 4) is 11.4 Å². The molecule has 0 fully saturated rings. The Morgan fingerprint density at radius 2 is 2.18 bits per heavy atom. The van der Waals surface area contributed by atoms with Gasteiger partial charge < -0.3 is 16.4 Å². The molecule has 1 aliphatic heterocycles. The van der Waals surface area contributed by atoms with Gasteiger partial charge in [0.2, 0.25) is 0 Å². The zero-order chi connectivity index (χ0) is 19.8. The van der Waals surface area contributed by atoms with Gasteiger partial charge >= 0.3 is 0 Å². The largest absolute Gasteiger partial charge is 0.382 e. The standard InChI is InChI=1S/C18H18Cl2FN7/c1-9(15-11(19)2-3-12(21)16(15)20)25-13-6-10(7-24-17(13)22)18-26-14-8-23-4-5-28(14)27-18/h2-3,6-7,9,23,25H,4-5,8H2,1H3,(H2,22,24)/t9-/m1/s1. The van der Waals surface area contributed by atoms with Crippen molar-refractivity contribution in [1.29, 1.82) is 0 Å². The highest BCUT2D eigenvalue weighted by Crippen LogP contribution is 2.35. The summed E-state index contributed by atoms with van der Waals surface area (Å²) in [7, 11) is 0. The van der Waals surface area contributed by atoms with E-state index in [1.54, 1.807) is 6.20 Å². The van der Waals surface area contributed by atoms with Crippen molar-refractivity contribution in [1.82, 2.24) is 25.1 Å². The fraction of sp³-hybridized carbons (Fsp3) is 0.278. The maximum absolute atomic E-state index is 13.9. The first kappa shape index (κ1) is 18.9. The van der Waals surface area contributed by atoms with Crippen LogP contribution in [-0.2, 0) is 13.1 Å². The molecule has 0 aliphatic carbocycles. The average Bonchev–Trinajstić information content (AvgIpc) is 3.11. The van der Waals surface area contributed by atoms with Gasteiger partial charge in [0.1, 0.15) is 17.5 Å². The predicted octanol–water partition coefficient (Wildman–Crippen LogP) is 3.64. The third-order valence-corrected chi connectivity index (χ3v) is 5.31. The van der Waals surface area contributed by atoms with Crippen LogP contribution in [0.5, 0.6) is 0 Å². The molecular weight excluding hydrogens is 404 g/mol. The lowest BCUT2D eigenvalue weighted by Gasteiger charge is -2.19. The van der Waals surface area contributed by atoms with Gasteiger partial charge in [-0.05, 0) is 25.1 Å². The van der Waals surface area contributed by atoms with E-state index in [1.165, 1.54) is 12.1 Å². The van der Waals surface area contributed by atoms with E-state index in [9.17, 15) is 4.39 Å². The molecule has 1 aliphatic rings. The van der Waals surface area contributed by atoms with E-state index < -0.39 is 11.9 Å². The Morgan fingerprint density at radius 1 is 1.36 bits per heavy atom. The van der Waals surface area contributed by atoms with E-state index >= 15 is 0 Å². The molecule has 1 aromatic carbocycles. The van der Waals surface area contributed by atoms with E-state index in [0.29, 0.717) is 34.5 Å². The number of hydrogen-bond acceptors (Lipinski definition) is 6. The van der Waals surface area contributed by atoms with Gasteiger partial charge in [0.05, 0.1) is 29.8 Å². The Labute approximate surface area is 171 Å². The van der Waals surface area contributed by atoms with Gasteiger partial charge in [-0.3, -0.25) is 0 Å². The summed E-state index contributed by atoms with van der Waals surface area (Å²) in [5, 5.41) is 11.3. The Balaban J connectivity index is 1.65. The first-order valence-electron chi connectivity index (χ1n) is 8.74. The Bertz CT molecular complexity index is 1010. The molecular formula is C18H18Cl2FN7. The average molecular weight is 422 g/mol. The van der Waals surface area contributed by atoms with Crippen LogP contribution in [0.1, 0.15) is 24.4 Å². The molecule has 1 atom stereocenters. The topological polar surface area (TPSA) is 93.7 Å². The third-order valence-electron chi connectivity index (χ3n) is 4.59. The summed E-state index contributed by atoms with van der Waals surface area (Å²) >= 11 is 12.3. The number of nitrogen functional groups attached to an aromatic ring is 1. The fourth-order valence-electron chi connectivity index (χ4n) is 3.15. The van der Waals surface area contributed by atoms with E-state index in [-0.39, 0.29) is 5.02 Å². The second-order valence-corrected chi connectivity index (χ2v) is 7.32. The lowest BCUT2D eigenvalue weighted by Crippen LogP contribution is -2.28. The molecule has 0 radical (unpaired) electrons. The number of anilines is 2. The van der Waals surface area contributed by atoms with Crippen molar-refractivity contribution >= 4 is 34.7 Å². The Morgan fingerprint density at radius 3 is 2.96 bits per heavy atom. The van der Waals surface area contributed by atoms with Crippen molar-refractivity contribution in [3.63, 3.8) is 0 Å². The van der Waals surface area contributed by atoms with Crippen LogP contribution < -0.4 is 16.4 Å². The molecule has 10 heteroatoms. The molecule has 4 N–H and O–H groups in total. The second kappa shape index (κ2) is 7.54. The number of rotatable bonds is 4. The maximum Gasteiger partial charge on any atom is 0.183 e. The number of nitrogens with zero attached hydrogens (tertiary/aromatic N) is 4. The number of nitrogens with one attached hydrogen (secondary N) is 2. The van der Waals surface area contributed by atoms with Crippen molar-refractivity contribution in [2.45, 2.75) is 26.1 Å². The monoisotopic (exact) mass is 421 g/mol. The number of aromatic nitrogens is 4. The van der Waals surface area contributed by atoms with Crippen LogP contribution >= 0.6 is 23.2 Å². The summed E-state index contributed by atoms with van der Waals surface area (Å²) in [5.74, 6) is 1.21. The Kier molecular flexibility index (Phi) is 5.09. The highest BCUT2D eigenvalue weighted by atomic mass is 35.5. The lowest BCUT2D eigenvalue weighted by molar-refractivity contribution is 0.469. The normalized spacial score (nSPS) is 14.6. The van der Waals surface area contributed by atoms with Crippen LogP contribution in [0.3, 0.4) is 0 Å². The molecule has 7 nitrogen and oxygen atoms in total. The van der Waals surface area contributed by atoms with Crippen LogP contribution in [0.15, 0.2) is 24.4 Å². The van der Waals surface area contributed by atoms with E-state index in [1.807, 2.05) is 17.7 Å². The minimum Gasteiger partial charge on any atom is -0.382 e. The molecule has 0 spiro atoms. The number of hydrogen-bond donors (Lipinski definition) is 3. The summed E-state index contributed by atoms with van der Waals surface area (Å²) in [6, 6.07) is 4.12. The summed E-state index contributed by atoms with van der Waals surface area (Å²) in [4.78, 5) is 8.80. The molecule has 0 amide bonds. The number of fused-ring (bicyclic) bond motifs is 1. The van der Waals surface area contributed by atoms with Gasteiger partial charge in [0.15, 0.2) is 5.82 Å². The number of pyridine rings is 1. The van der Waals surface area contributed by atoms with Crippen molar-refractivity contribution in [3.05, 3.63) is 51.6 Å². The van der Waals surface area contributed by atoms with Crippen LogP contribution in [0.25, 0.3) is 11.4 Å². The van der Waals surface area contributed by atoms with Gasteiger partial charge in [-0.1, -0.05) is 23.2 Å². The van der Waals surface area contributed by atoms with Crippen LogP contribution in [0.4, 0.5) is 15.9 Å². The highest BCUT2D eigenvalue weighted by Gasteiger charge is 2.20. The summed E-state index contributed by atoms with van der Waals surface area (Å²) in [6.45, 7) is 4.12. The number of halogens is 3. The van der Waals surface area contributed by atoms with E-state index in [0.717, 1.165) is 24.5 Å². The number of benzene rings is 1. The molecule has 28 heavy (non-hydrogen) atoms. The molecule has 2 aromatic heterocycles. The molecule has 0 bridgehead atoms. The smallest absolute Gasteiger partial charge is 0.183 e. The molecule has 0 saturated heterocycles. The van der Waals surface area contributed by atoms with Crippen molar-refractivity contribution < 1.29 is 4.39 Å². The molecule has 0 unspecified atom stereocenters. The van der Waals surface area contributed by atoms with E-state index in [4.69, 9.17) is 28.9 Å². The van der Waals surface area contributed by atoms with Crippen LogP contribution in [0, 0.1) is 5.82 Å². The summed E-state index contributed by atoms with van der Waals surface area (Å²) in [5.41, 5.74) is 7.77. The zero-order valence-corrected chi connectivity index (χ0v) is 16.5. The minimum absolute atomic E-state index is 0.0221. The number of nitrogens with two attached hydrogens (primary N) is 1. The summed E-state index contributed by atoms with van der Waals surface area (Å²) in [6.07, 6.45) is 1.63. The van der Waals surface area contributed by atoms with Crippen molar-refractivity contribution in [2.75, 3.05) is 17.6 Å². The van der Waals surface area contributed by atoms with E-state index in [2.05, 4.69) is 25.7 Å². The van der Waals surface area contributed by atoms with Gasteiger partial charge in [-0.25, -0.2) is 19.0 Å².